The second-order valence-electron chi connectivity index (χ2n) is 4.75. The molecule has 7 heteroatoms. The highest BCUT2D eigenvalue weighted by molar-refractivity contribution is 5.96. The van der Waals surface area contributed by atoms with Crippen LogP contribution in [0.1, 0.15) is 36.2 Å². The van der Waals surface area contributed by atoms with Crippen molar-refractivity contribution < 1.29 is 27.9 Å². The summed E-state index contributed by atoms with van der Waals surface area (Å²) in [5.41, 5.74) is -1.18. The van der Waals surface area contributed by atoms with E-state index < -0.39 is 29.7 Å². The van der Waals surface area contributed by atoms with Crippen molar-refractivity contribution in [3.05, 3.63) is 35.4 Å². The van der Waals surface area contributed by atoms with Gasteiger partial charge in [-0.25, -0.2) is 4.79 Å². The average molecular weight is 303 g/mol. The molecule has 0 bridgehead atoms. The lowest BCUT2D eigenvalue weighted by Gasteiger charge is -2.20. The van der Waals surface area contributed by atoms with Crippen LogP contribution in [0.15, 0.2) is 24.3 Å². The van der Waals surface area contributed by atoms with E-state index in [0.29, 0.717) is 12.5 Å². The molecule has 116 valence electrons. The van der Waals surface area contributed by atoms with Gasteiger partial charge < -0.3 is 10.4 Å². The fourth-order valence-electron chi connectivity index (χ4n) is 1.74. The van der Waals surface area contributed by atoms with Crippen molar-refractivity contribution in [2.24, 2.45) is 5.92 Å². The Morgan fingerprint density at radius 2 is 1.95 bits per heavy atom. The third-order valence-electron chi connectivity index (χ3n) is 3.22. The maximum Gasteiger partial charge on any atom is 0.416 e. The van der Waals surface area contributed by atoms with Crippen LogP contribution in [0.4, 0.5) is 13.2 Å². The van der Waals surface area contributed by atoms with Gasteiger partial charge in [0.1, 0.15) is 6.04 Å². The quantitative estimate of drug-likeness (QED) is 0.879. The lowest BCUT2D eigenvalue weighted by Crippen LogP contribution is -2.45. The highest BCUT2D eigenvalue weighted by Crippen LogP contribution is 2.29. The molecule has 2 N–H and O–H groups in total. The van der Waals surface area contributed by atoms with Gasteiger partial charge in [0.2, 0.25) is 0 Å². The molecule has 2 atom stereocenters. The van der Waals surface area contributed by atoms with Crippen LogP contribution in [-0.2, 0) is 11.0 Å². The number of alkyl halides is 3. The molecule has 0 aromatic heterocycles. The zero-order valence-electron chi connectivity index (χ0n) is 11.6. The molecule has 0 radical (unpaired) electrons. The molecule has 0 fully saturated rings. The molecule has 0 heterocycles. The number of carbonyl (C=O) groups is 2. The minimum Gasteiger partial charge on any atom is -0.480 e. The first kappa shape index (κ1) is 17.0. The maximum absolute atomic E-state index is 12.6. The number of hydrogen-bond acceptors (Lipinski definition) is 2. The summed E-state index contributed by atoms with van der Waals surface area (Å²) in [5, 5.41) is 11.3. The average Bonchev–Trinajstić information content (AvgIpc) is 2.42. The van der Waals surface area contributed by atoms with Gasteiger partial charge in [-0.05, 0) is 24.1 Å². The highest BCUT2D eigenvalue weighted by Gasteiger charge is 2.31. The predicted octanol–water partition coefficient (Wildman–Crippen LogP) is 2.93. The monoisotopic (exact) mass is 303 g/mol. The Labute approximate surface area is 120 Å². The van der Waals surface area contributed by atoms with Crippen molar-refractivity contribution in [1.29, 1.82) is 0 Å². The fourth-order valence-corrected chi connectivity index (χ4v) is 1.74. The minimum atomic E-state index is -4.56. The van der Waals surface area contributed by atoms with E-state index >= 15 is 0 Å². The van der Waals surface area contributed by atoms with Crippen LogP contribution in [0, 0.1) is 5.92 Å². The van der Waals surface area contributed by atoms with Crippen LogP contribution < -0.4 is 5.32 Å². The first-order valence-electron chi connectivity index (χ1n) is 6.37. The van der Waals surface area contributed by atoms with Gasteiger partial charge >= 0.3 is 12.1 Å². The number of amides is 1. The van der Waals surface area contributed by atoms with Crippen LogP contribution in [0.25, 0.3) is 0 Å². The second-order valence-corrected chi connectivity index (χ2v) is 4.75. The molecule has 0 spiro atoms. The second kappa shape index (κ2) is 6.60. The molecule has 0 aliphatic rings. The van der Waals surface area contributed by atoms with Crippen molar-refractivity contribution in [2.45, 2.75) is 32.5 Å². The molecule has 0 aliphatic heterocycles. The summed E-state index contributed by atoms with van der Waals surface area (Å²) in [5.74, 6) is -2.39. The lowest BCUT2D eigenvalue weighted by atomic mass is 9.98. The molecular weight excluding hydrogens is 287 g/mol. The van der Waals surface area contributed by atoms with Crippen molar-refractivity contribution in [1.82, 2.24) is 5.32 Å². The molecular formula is C14H16F3NO3. The predicted molar refractivity (Wildman–Crippen MR) is 69.8 cm³/mol. The summed E-state index contributed by atoms with van der Waals surface area (Å²) in [6.07, 6.45) is -4.04. The summed E-state index contributed by atoms with van der Waals surface area (Å²) >= 11 is 0. The Kier molecular flexibility index (Phi) is 5.34. The molecule has 0 saturated heterocycles. The smallest absolute Gasteiger partial charge is 0.416 e. The largest absolute Gasteiger partial charge is 0.480 e. The summed E-state index contributed by atoms with van der Waals surface area (Å²) in [6.45, 7) is 3.41. The highest BCUT2D eigenvalue weighted by atomic mass is 19.4. The fraction of sp³-hybridized carbons (Fsp3) is 0.429. The third kappa shape index (κ3) is 4.47. The van der Waals surface area contributed by atoms with E-state index in [1.165, 1.54) is 6.07 Å². The Morgan fingerprint density at radius 1 is 1.33 bits per heavy atom. The zero-order chi connectivity index (χ0) is 16.2. The van der Waals surface area contributed by atoms with Crippen molar-refractivity contribution in [3.63, 3.8) is 0 Å². The topological polar surface area (TPSA) is 66.4 Å². The van der Waals surface area contributed by atoms with E-state index in [2.05, 4.69) is 5.32 Å². The number of carboxylic acids is 1. The minimum absolute atomic E-state index is 0.223. The van der Waals surface area contributed by atoms with Crippen molar-refractivity contribution in [2.75, 3.05) is 0 Å². The molecule has 1 amide bonds. The van der Waals surface area contributed by atoms with Gasteiger partial charge in [0, 0.05) is 5.56 Å². The van der Waals surface area contributed by atoms with E-state index in [4.69, 9.17) is 5.11 Å². The summed E-state index contributed by atoms with van der Waals surface area (Å²) in [4.78, 5) is 23.0. The van der Waals surface area contributed by atoms with Gasteiger partial charge in [0.15, 0.2) is 0 Å². The Balaban J connectivity index is 2.96. The molecule has 1 aromatic rings. The molecule has 4 nitrogen and oxygen atoms in total. The number of aliphatic carboxylic acids is 1. The Morgan fingerprint density at radius 3 is 2.43 bits per heavy atom. The van der Waals surface area contributed by atoms with E-state index in [0.717, 1.165) is 12.1 Å². The van der Waals surface area contributed by atoms with Gasteiger partial charge in [-0.3, -0.25) is 4.79 Å². The number of hydrogen-bond donors (Lipinski definition) is 2. The van der Waals surface area contributed by atoms with Gasteiger partial charge in [-0.2, -0.15) is 13.2 Å². The summed E-state index contributed by atoms with van der Waals surface area (Å²) in [6, 6.07) is 2.72. The first-order chi connectivity index (χ1) is 9.66. The van der Waals surface area contributed by atoms with Crippen molar-refractivity contribution >= 4 is 11.9 Å². The van der Waals surface area contributed by atoms with Crippen LogP contribution in [0.5, 0.6) is 0 Å². The molecule has 1 rings (SSSR count). The SMILES string of the molecule is CCC(C)[C@H](NC(=O)c1cccc(C(F)(F)F)c1)C(=O)O. The van der Waals surface area contributed by atoms with Crippen LogP contribution in [0.2, 0.25) is 0 Å². The van der Waals surface area contributed by atoms with Crippen molar-refractivity contribution in [3.8, 4) is 0 Å². The molecule has 1 aromatic carbocycles. The molecule has 21 heavy (non-hydrogen) atoms. The number of nitrogens with one attached hydrogen (secondary N) is 1. The standard InChI is InChI=1S/C14H16F3NO3/c1-3-8(2)11(13(20)21)18-12(19)9-5-4-6-10(7-9)14(15,16)17/h4-8,11H,3H2,1-2H3,(H,18,19)(H,20,21)/t8?,11-/m0/s1. The molecule has 0 saturated carbocycles. The lowest BCUT2D eigenvalue weighted by molar-refractivity contribution is -0.140. The number of rotatable bonds is 5. The molecule has 0 aliphatic carbocycles. The van der Waals surface area contributed by atoms with Gasteiger partial charge in [0.25, 0.3) is 5.91 Å². The van der Waals surface area contributed by atoms with Gasteiger partial charge in [0.05, 0.1) is 5.56 Å². The van der Waals surface area contributed by atoms with Crippen LogP contribution >= 0.6 is 0 Å². The van der Waals surface area contributed by atoms with E-state index in [1.807, 2.05) is 0 Å². The van der Waals surface area contributed by atoms with Crippen LogP contribution in [0.3, 0.4) is 0 Å². The number of carbonyl (C=O) groups excluding carboxylic acids is 1. The van der Waals surface area contributed by atoms with E-state index in [9.17, 15) is 22.8 Å². The van der Waals surface area contributed by atoms with E-state index in [-0.39, 0.29) is 11.5 Å². The van der Waals surface area contributed by atoms with Crippen LogP contribution in [-0.4, -0.2) is 23.0 Å². The number of benzene rings is 1. The Bertz CT molecular complexity index is 528. The summed E-state index contributed by atoms with van der Waals surface area (Å²) < 4.78 is 37.7. The zero-order valence-corrected chi connectivity index (χ0v) is 11.6. The molecule has 1 unspecified atom stereocenters. The maximum atomic E-state index is 12.6. The normalized spacial score (nSPS) is 14.3. The van der Waals surface area contributed by atoms with Gasteiger partial charge in [-0.15, -0.1) is 0 Å². The summed E-state index contributed by atoms with van der Waals surface area (Å²) in [7, 11) is 0. The number of carboxylic acid groups (broad SMARTS) is 1. The van der Waals surface area contributed by atoms with E-state index in [1.54, 1.807) is 13.8 Å². The third-order valence-corrected chi connectivity index (χ3v) is 3.22. The Hall–Kier alpha value is -2.05. The number of halogens is 3. The first-order valence-corrected chi connectivity index (χ1v) is 6.37. The van der Waals surface area contributed by atoms with Gasteiger partial charge in [-0.1, -0.05) is 26.3 Å².